The quantitative estimate of drug-likeness (QED) is 0.553. The van der Waals surface area contributed by atoms with Crippen molar-refractivity contribution >= 4 is 33.2 Å². The maximum atomic E-state index is 12.3. The second kappa shape index (κ2) is 8.64. The van der Waals surface area contributed by atoms with Gasteiger partial charge in [-0.1, -0.05) is 12.1 Å². The van der Waals surface area contributed by atoms with Gasteiger partial charge in [-0.25, -0.2) is 9.78 Å². The summed E-state index contributed by atoms with van der Waals surface area (Å²) in [6.07, 6.45) is 0.585. The first-order chi connectivity index (χ1) is 13.0. The Bertz CT molecular complexity index is 923. The molecule has 1 aromatic carbocycles. The van der Waals surface area contributed by atoms with Gasteiger partial charge in [-0.05, 0) is 40.5 Å². The summed E-state index contributed by atoms with van der Waals surface area (Å²) in [5, 5.41) is 17.3. The number of nitrogens with zero attached hydrogens (tertiary/aromatic N) is 3. The fourth-order valence-corrected chi connectivity index (χ4v) is 3.79. The average molecular weight is 452 g/mol. The highest BCUT2D eigenvalue weighted by molar-refractivity contribution is 9.10. The van der Waals surface area contributed by atoms with Crippen LogP contribution in [0.15, 0.2) is 40.4 Å². The van der Waals surface area contributed by atoms with E-state index < -0.39 is 12.1 Å². The molecule has 1 unspecified atom stereocenters. The molecule has 0 aliphatic rings. The lowest BCUT2D eigenvalue weighted by Gasteiger charge is -2.07. The molecule has 27 heavy (non-hydrogen) atoms. The summed E-state index contributed by atoms with van der Waals surface area (Å²) in [4.78, 5) is 16.5. The molecule has 0 aliphatic carbocycles. The van der Waals surface area contributed by atoms with E-state index in [-0.39, 0.29) is 12.3 Å². The summed E-state index contributed by atoms with van der Waals surface area (Å²) in [7, 11) is 1.61. The van der Waals surface area contributed by atoms with Crippen molar-refractivity contribution in [1.29, 1.82) is 0 Å². The topological polar surface area (TPSA) is 86.5 Å². The van der Waals surface area contributed by atoms with Crippen molar-refractivity contribution in [3.8, 4) is 5.75 Å². The molecule has 2 heterocycles. The second-order valence-electron chi connectivity index (χ2n) is 5.61. The maximum Gasteiger partial charge on any atom is 0.359 e. The molecular formula is C18H18BrN3O4S. The van der Waals surface area contributed by atoms with Gasteiger partial charge in [-0.15, -0.1) is 11.3 Å². The minimum absolute atomic E-state index is 0.0872. The lowest BCUT2D eigenvalue weighted by Crippen LogP contribution is -2.11. The van der Waals surface area contributed by atoms with E-state index in [2.05, 4.69) is 26.0 Å². The molecule has 9 heteroatoms. The van der Waals surface area contributed by atoms with E-state index >= 15 is 0 Å². The van der Waals surface area contributed by atoms with E-state index in [0.29, 0.717) is 21.7 Å². The van der Waals surface area contributed by atoms with Crippen LogP contribution in [-0.2, 0) is 11.3 Å². The van der Waals surface area contributed by atoms with Crippen LogP contribution in [0.3, 0.4) is 0 Å². The first-order valence-electron chi connectivity index (χ1n) is 8.18. The van der Waals surface area contributed by atoms with E-state index in [9.17, 15) is 9.90 Å². The smallest absolute Gasteiger partial charge is 0.359 e. The molecule has 0 saturated carbocycles. The van der Waals surface area contributed by atoms with Gasteiger partial charge in [0.05, 0.1) is 20.3 Å². The molecule has 1 N–H and O–H groups in total. The molecule has 0 amide bonds. The number of esters is 1. The Balaban J connectivity index is 1.92. The third kappa shape index (κ3) is 4.55. The summed E-state index contributed by atoms with van der Waals surface area (Å²) in [6, 6.07) is 7.54. The fourth-order valence-electron chi connectivity index (χ4n) is 2.52. The van der Waals surface area contributed by atoms with Gasteiger partial charge in [-0.3, -0.25) is 4.68 Å². The largest absolute Gasteiger partial charge is 0.497 e. The van der Waals surface area contributed by atoms with E-state index in [1.165, 1.54) is 11.3 Å². The van der Waals surface area contributed by atoms with Gasteiger partial charge in [0.1, 0.15) is 21.5 Å². The van der Waals surface area contributed by atoms with Crippen LogP contribution in [0, 0.1) is 0 Å². The summed E-state index contributed by atoms with van der Waals surface area (Å²) in [5.74, 6) is 0.188. The highest BCUT2D eigenvalue weighted by atomic mass is 79.9. The predicted octanol–water partition coefficient (Wildman–Crippen LogP) is 3.42. The number of thiazole rings is 1. The molecule has 3 aromatic rings. The molecule has 0 fully saturated rings. The van der Waals surface area contributed by atoms with Crippen molar-refractivity contribution in [3.05, 3.63) is 62.3 Å². The average Bonchev–Trinajstić information content (AvgIpc) is 3.28. The van der Waals surface area contributed by atoms with Crippen molar-refractivity contribution in [2.75, 3.05) is 13.7 Å². The number of aliphatic hydroxyl groups excluding tert-OH is 1. The van der Waals surface area contributed by atoms with E-state index in [1.54, 1.807) is 30.3 Å². The zero-order chi connectivity index (χ0) is 19.4. The second-order valence-corrected chi connectivity index (χ2v) is 7.31. The van der Waals surface area contributed by atoms with Crippen LogP contribution in [0.2, 0.25) is 0 Å². The number of aromatic nitrogens is 3. The summed E-state index contributed by atoms with van der Waals surface area (Å²) in [6.45, 7) is 2.38. The molecule has 0 aliphatic heterocycles. The standard InChI is InChI=1S/C18H18BrN3O4S/c1-3-26-18(24)15-13(16(23)17-20-14(19)10-27-17)9-22(21-15)8-11-4-6-12(25-2)7-5-11/h4-7,9-10,16,23H,3,8H2,1-2H3. The Labute approximate surface area is 168 Å². The Morgan fingerprint density at radius 3 is 2.70 bits per heavy atom. The van der Waals surface area contributed by atoms with Crippen molar-refractivity contribution in [2.45, 2.75) is 19.6 Å². The molecule has 0 saturated heterocycles. The van der Waals surface area contributed by atoms with Crippen LogP contribution in [0.25, 0.3) is 0 Å². The third-order valence-electron chi connectivity index (χ3n) is 3.78. The summed E-state index contributed by atoms with van der Waals surface area (Å²) in [5.41, 5.74) is 1.43. The molecule has 7 nitrogen and oxygen atoms in total. The van der Waals surface area contributed by atoms with Gasteiger partial charge in [0.2, 0.25) is 0 Å². The van der Waals surface area contributed by atoms with E-state index in [4.69, 9.17) is 9.47 Å². The number of hydrogen-bond acceptors (Lipinski definition) is 7. The highest BCUT2D eigenvalue weighted by Gasteiger charge is 2.26. The van der Waals surface area contributed by atoms with Gasteiger partial charge in [0, 0.05) is 17.1 Å². The predicted molar refractivity (Wildman–Crippen MR) is 104 cm³/mol. The number of ether oxygens (including phenoxy) is 2. The summed E-state index contributed by atoms with van der Waals surface area (Å²) >= 11 is 4.56. The first-order valence-corrected chi connectivity index (χ1v) is 9.85. The van der Waals surface area contributed by atoms with E-state index in [0.717, 1.165) is 11.3 Å². The Morgan fingerprint density at radius 1 is 1.37 bits per heavy atom. The van der Waals surface area contributed by atoms with Crippen molar-refractivity contribution in [1.82, 2.24) is 14.8 Å². The van der Waals surface area contributed by atoms with Gasteiger partial charge in [0.25, 0.3) is 0 Å². The fraction of sp³-hybridized carbons (Fsp3) is 0.278. The Hall–Kier alpha value is -2.23. The molecule has 3 rings (SSSR count). The third-order valence-corrected chi connectivity index (χ3v) is 5.39. The van der Waals surface area contributed by atoms with Crippen molar-refractivity contribution < 1.29 is 19.4 Å². The number of hydrogen-bond donors (Lipinski definition) is 1. The van der Waals surface area contributed by atoms with Crippen LogP contribution in [0.1, 0.15) is 39.7 Å². The number of carbonyl (C=O) groups excluding carboxylic acids is 1. The Morgan fingerprint density at radius 2 is 2.11 bits per heavy atom. The lowest BCUT2D eigenvalue weighted by atomic mass is 10.1. The maximum absolute atomic E-state index is 12.3. The molecule has 0 spiro atoms. The number of rotatable bonds is 7. The molecule has 2 aromatic heterocycles. The number of methoxy groups -OCH3 is 1. The zero-order valence-corrected chi connectivity index (χ0v) is 17.2. The lowest BCUT2D eigenvalue weighted by molar-refractivity contribution is 0.0513. The van der Waals surface area contributed by atoms with Crippen molar-refractivity contribution in [3.63, 3.8) is 0 Å². The molecule has 142 valence electrons. The number of carbonyl (C=O) groups is 1. The summed E-state index contributed by atoms with van der Waals surface area (Å²) < 4.78 is 12.5. The van der Waals surface area contributed by atoms with Crippen molar-refractivity contribution in [2.24, 2.45) is 0 Å². The van der Waals surface area contributed by atoms with Crippen LogP contribution >= 0.6 is 27.3 Å². The van der Waals surface area contributed by atoms with Crippen LogP contribution in [0.5, 0.6) is 5.75 Å². The number of aliphatic hydroxyl groups is 1. The van der Waals surface area contributed by atoms with Gasteiger partial charge in [0.15, 0.2) is 5.69 Å². The monoisotopic (exact) mass is 451 g/mol. The molecule has 0 radical (unpaired) electrons. The normalized spacial score (nSPS) is 12.0. The van der Waals surface area contributed by atoms with Gasteiger partial charge < -0.3 is 14.6 Å². The van der Waals surface area contributed by atoms with Crippen LogP contribution < -0.4 is 4.74 Å². The van der Waals surface area contributed by atoms with Crippen LogP contribution in [-0.4, -0.2) is 39.6 Å². The van der Waals surface area contributed by atoms with Crippen LogP contribution in [0.4, 0.5) is 0 Å². The highest BCUT2D eigenvalue weighted by Crippen LogP contribution is 2.29. The molecule has 1 atom stereocenters. The van der Waals surface area contributed by atoms with Gasteiger partial charge in [-0.2, -0.15) is 5.10 Å². The van der Waals surface area contributed by atoms with Gasteiger partial charge >= 0.3 is 5.97 Å². The van der Waals surface area contributed by atoms with E-state index in [1.807, 2.05) is 24.3 Å². The minimum atomic E-state index is -1.06. The molecular weight excluding hydrogens is 434 g/mol. The minimum Gasteiger partial charge on any atom is -0.497 e. The first kappa shape index (κ1) is 19.5. The molecule has 0 bridgehead atoms. The Kier molecular flexibility index (Phi) is 6.25. The number of halogens is 1. The zero-order valence-electron chi connectivity index (χ0n) is 14.8. The number of benzene rings is 1. The SMILES string of the molecule is CCOC(=O)c1nn(Cc2ccc(OC)cc2)cc1C(O)c1nc(Br)cs1.